The lowest BCUT2D eigenvalue weighted by Crippen LogP contribution is -2.17. The number of amides is 2. The molecule has 2 N–H and O–H groups in total. The van der Waals surface area contributed by atoms with Gasteiger partial charge in [-0.05, 0) is 50.2 Å². The van der Waals surface area contributed by atoms with Gasteiger partial charge in [0.25, 0.3) is 5.91 Å². The molecule has 0 radical (unpaired) electrons. The SMILES string of the molecule is CCOc1cc(NC(=O)c2ccccc2)c(OCC)cc1NC(=O)CCOc1ccc(Cl)cc1. The third kappa shape index (κ3) is 7.15. The number of benzene rings is 3. The number of nitrogens with one attached hydrogen (secondary N) is 2. The molecular weight excluding hydrogens is 456 g/mol. The van der Waals surface area contributed by atoms with Crippen molar-refractivity contribution in [2.75, 3.05) is 30.5 Å². The fourth-order valence-electron chi connectivity index (χ4n) is 3.09. The average Bonchev–Trinajstić information content (AvgIpc) is 2.83. The van der Waals surface area contributed by atoms with E-state index in [2.05, 4.69) is 10.6 Å². The molecule has 0 bridgehead atoms. The van der Waals surface area contributed by atoms with Crippen LogP contribution in [0.15, 0.2) is 66.7 Å². The number of ether oxygens (including phenoxy) is 3. The van der Waals surface area contributed by atoms with Crippen molar-refractivity contribution in [2.24, 2.45) is 0 Å². The maximum atomic E-state index is 12.7. The van der Waals surface area contributed by atoms with Gasteiger partial charge < -0.3 is 24.8 Å². The smallest absolute Gasteiger partial charge is 0.255 e. The molecule has 0 unspecified atom stereocenters. The third-order valence-electron chi connectivity index (χ3n) is 4.65. The Kier molecular flexibility index (Phi) is 9.17. The minimum absolute atomic E-state index is 0.130. The van der Waals surface area contributed by atoms with E-state index in [4.69, 9.17) is 25.8 Å². The van der Waals surface area contributed by atoms with Crippen molar-refractivity contribution >= 4 is 34.8 Å². The van der Waals surface area contributed by atoms with Crippen molar-refractivity contribution in [1.82, 2.24) is 0 Å². The molecule has 7 nitrogen and oxygen atoms in total. The van der Waals surface area contributed by atoms with Crippen LogP contribution in [0.25, 0.3) is 0 Å². The molecule has 0 saturated heterocycles. The fraction of sp³-hybridized carbons (Fsp3) is 0.231. The maximum Gasteiger partial charge on any atom is 0.255 e. The molecule has 3 rings (SSSR count). The standard InChI is InChI=1S/C26H27ClN2O5/c1-3-32-23-17-22(29-26(31)18-8-6-5-7-9-18)24(33-4-2)16-21(23)28-25(30)14-15-34-20-12-10-19(27)11-13-20/h5-13,16-17H,3-4,14-15H2,1-2H3,(H,28,30)(H,29,31). The van der Waals surface area contributed by atoms with E-state index in [9.17, 15) is 9.59 Å². The molecule has 0 aromatic heterocycles. The van der Waals surface area contributed by atoms with Crippen LogP contribution in [0.5, 0.6) is 17.2 Å². The van der Waals surface area contributed by atoms with Crippen LogP contribution in [0.1, 0.15) is 30.6 Å². The van der Waals surface area contributed by atoms with Crippen LogP contribution < -0.4 is 24.8 Å². The zero-order valence-corrected chi connectivity index (χ0v) is 19.9. The minimum Gasteiger partial charge on any atom is -0.493 e. The van der Waals surface area contributed by atoms with Crippen LogP contribution in [0.2, 0.25) is 5.02 Å². The van der Waals surface area contributed by atoms with E-state index in [1.54, 1.807) is 60.7 Å². The molecule has 0 heterocycles. The van der Waals surface area contributed by atoms with Crippen molar-refractivity contribution < 1.29 is 23.8 Å². The largest absolute Gasteiger partial charge is 0.493 e. The van der Waals surface area contributed by atoms with E-state index in [0.717, 1.165) is 0 Å². The van der Waals surface area contributed by atoms with Gasteiger partial charge in [-0.2, -0.15) is 0 Å². The number of rotatable bonds is 11. The highest BCUT2D eigenvalue weighted by Gasteiger charge is 2.17. The van der Waals surface area contributed by atoms with Gasteiger partial charge in [-0.15, -0.1) is 0 Å². The van der Waals surface area contributed by atoms with Crippen molar-refractivity contribution in [2.45, 2.75) is 20.3 Å². The summed E-state index contributed by atoms with van der Waals surface area (Å²) in [5.74, 6) is 0.937. The summed E-state index contributed by atoms with van der Waals surface area (Å²) >= 11 is 5.87. The first-order valence-electron chi connectivity index (χ1n) is 11.0. The number of carbonyl (C=O) groups is 2. The first-order valence-corrected chi connectivity index (χ1v) is 11.4. The lowest BCUT2D eigenvalue weighted by atomic mass is 10.2. The summed E-state index contributed by atoms with van der Waals surface area (Å²) in [5.41, 5.74) is 1.41. The number of carbonyl (C=O) groups excluding carboxylic acids is 2. The first-order chi connectivity index (χ1) is 16.5. The molecule has 8 heteroatoms. The minimum atomic E-state index is -0.278. The summed E-state index contributed by atoms with van der Waals surface area (Å²) in [6, 6.07) is 19.1. The van der Waals surface area contributed by atoms with Crippen LogP contribution >= 0.6 is 11.6 Å². The lowest BCUT2D eigenvalue weighted by molar-refractivity contribution is -0.116. The van der Waals surface area contributed by atoms with Gasteiger partial charge in [0.05, 0.1) is 37.6 Å². The number of halogens is 1. The summed E-state index contributed by atoms with van der Waals surface area (Å²) in [6.07, 6.45) is 0.130. The van der Waals surface area contributed by atoms with Crippen LogP contribution in [0.3, 0.4) is 0 Å². The Bertz CT molecular complexity index is 1100. The monoisotopic (exact) mass is 482 g/mol. The zero-order chi connectivity index (χ0) is 24.3. The molecule has 3 aromatic carbocycles. The predicted molar refractivity (Wildman–Crippen MR) is 133 cm³/mol. The van der Waals surface area contributed by atoms with Gasteiger partial charge >= 0.3 is 0 Å². The summed E-state index contributed by atoms with van der Waals surface area (Å²) in [7, 11) is 0. The fourth-order valence-corrected chi connectivity index (χ4v) is 3.22. The Hall–Kier alpha value is -3.71. The highest BCUT2D eigenvalue weighted by molar-refractivity contribution is 6.30. The topological polar surface area (TPSA) is 85.9 Å². The van der Waals surface area contributed by atoms with E-state index in [-0.39, 0.29) is 24.8 Å². The van der Waals surface area contributed by atoms with Gasteiger partial charge in [-0.25, -0.2) is 0 Å². The average molecular weight is 483 g/mol. The Balaban J connectivity index is 1.72. The second-order valence-electron chi connectivity index (χ2n) is 7.13. The summed E-state index contributed by atoms with van der Waals surface area (Å²) < 4.78 is 17.0. The van der Waals surface area contributed by atoms with Gasteiger partial charge in [0, 0.05) is 22.7 Å². The highest BCUT2D eigenvalue weighted by Crippen LogP contribution is 2.37. The molecular formula is C26H27ClN2O5. The number of hydrogen-bond donors (Lipinski definition) is 2. The van der Waals surface area contributed by atoms with Gasteiger partial charge in [-0.1, -0.05) is 29.8 Å². The molecule has 0 saturated carbocycles. The quantitative estimate of drug-likeness (QED) is 0.361. The van der Waals surface area contributed by atoms with E-state index >= 15 is 0 Å². The van der Waals surface area contributed by atoms with E-state index < -0.39 is 0 Å². The molecule has 0 spiro atoms. The number of hydrogen-bond acceptors (Lipinski definition) is 5. The second kappa shape index (κ2) is 12.5. The lowest BCUT2D eigenvalue weighted by Gasteiger charge is -2.18. The van der Waals surface area contributed by atoms with Crippen molar-refractivity contribution in [3.8, 4) is 17.2 Å². The normalized spacial score (nSPS) is 10.3. The molecule has 0 atom stereocenters. The van der Waals surface area contributed by atoms with E-state index in [1.165, 1.54) is 0 Å². The van der Waals surface area contributed by atoms with Gasteiger partial charge in [0.15, 0.2) is 0 Å². The molecule has 0 aliphatic carbocycles. The first kappa shape index (κ1) is 24.9. The second-order valence-corrected chi connectivity index (χ2v) is 7.57. The predicted octanol–water partition coefficient (Wildman–Crippen LogP) is 5.80. The number of anilines is 2. The molecule has 0 aliphatic rings. The molecule has 2 amide bonds. The third-order valence-corrected chi connectivity index (χ3v) is 4.90. The Morgan fingerprint density at radius 2 is 1.38 bits per heavy atom. The Morgan fingerprint density at radius 1 is 0.794 bits per heavy atom. The molecule has 178 valence electrons. The highest BCUT2D eigenvalue weighted by atomic mass is 35.5. The Morgan fingerprint density at radius 3 is 1.97 bits per heavy atom. The Labute approximate surface area is 204 Å². The summed E-state index contributed by atoms with van der Waals surface area (Å²) in [4.78, 5) is 25.2. The van der Waals surface area contributed by atoms with E-state index in [0.29, 0.717) is 52.4 Å². The zero-order valence-electron chi connectivity index (χ0n) is 19.1. The van der Waals surface area contributed by atoms with Crippen LogP contribution in [-0.4, -0.2) is 31.6 Å². The van der Waals surface area contributed by atoms with Gasteiger partial charge in [-0.3, -0.25) is 9.59 Å². The molecule has 3 aromatic rings. The summed E-state index contributed by atoms with van der Waals surface area (Å²) in [6.45, 7) is 4.63. The van der Waals surface area contributed by atoms with E-state index in [1.807, 2.05) is 19.9 Å². The molecule has 0 aliphatic heterocycles. The van der Waals surface area contributed by atoms with Crippen molar-refractivity contribution in [1.29, 1.82) is 0 Å². The van der Waals surface area contributed by atoms with Crippen LogP contribution in [-0.2, 0) is 4.79 Å². The van der Waals surface area contributed by atoms with Crippen LogP contribution in [0, 0.1) is 0 Å². The summed E-state index contributed by atoms with van der Waals surface area (Å²) in [5, 5.41) is 6.32. The van der Waals surface area contributed by atoms with Crippen LogP contribution in [0.4, 0.5) is 11.4 Å². The van der Waals surface area contributed by atoms with Gasteiger partial charge in [0.1, 0.15) is 17.2 Å². The molecule has 34 heavy (non-hydrogen) atoms. The van der Waals surface area contributed by atoms with Crippen molar-refractivity contribution in [3.05, 3.63) is 77.3 Å². The maximum absolute atomic E-state index is 12.7. The van der Waals surface area contributed by atoms with Crippen molar-refractivity contribution in [3.63, 3.8) is 0 Å². The molecule has 0 fully saturated rings. The van der Waals surface area contributed by atoms with Gasteiger partial charge in [0.2, 0.25) is 5.91 Å².